The lowest BCUT2D eigenvalue weighted by Gasteiger charge is -2.12. The molecule has 20 heavy (non-hydrogen) atoms. The summed E-state index contributed by atoms with van der Waals surface area (Å²) in [5, 5.41) is 2.77. The predicted molar refractivity (Wildman–Crippen MR) is 81.6 cm³/mol. The van der Waals surface area contributed by atoms with Crippen molar-refractivity contribution in [3.63, 3.8) is 0 Å². The van der Waals surface area contributed by atoms with Gasteiger partial charge in [-0.3, -0.25) is 5.32 Å². The smallest absolute Gasteiger partial charge is 0.411 e. The van der Waals surface area contributed by atoms with E-state index in [1.165, 1.54) is 0 Å². The Bertz CT molecular complexity index is 513. The highest BCUT2D eigenvalue weighted by atomic mass is 16.5. The van der Waals surface area contributed by atoms with Crippen LogP contribution in [0.25, 0.3) is 0 Å². The highest BCUT2D eigenvalue weighted by Gasteiger charge is 2.08. The van der Waals surface area contributed by atoms with Gasteiger partial charge in [-0.2, -0.15) is 0 Å². The third kappa shape index (κ3) is 5.33. The van der Waals surface area contributed by atoms with E-state index in [9.17, 15) is 4.79 Å². The van der Waals surface area contributed by atoms with Gasteiger partial charge >= 0.3 is 6.09 Å². The third-order valence-electron chi connectivity index (χ3n) is 2.61. The number of hydrogen-bond acceptors (Lipinski definition) is 3. The molecule has 0 saturated carbocycles. The number of aryl methyl sites for hydroxylation is 1. The standard InChI is InChI=1S/C16H22N2O2/c1-4-14-10-13(6-5-9-17)7-8-15(14)18-16(19)20-11-12(2)3/h7-8,10,12H,4,9,11,17H2,1-3H3,(H,18,19). The second kappa shape index (κ2) is 8.23. The Morgan fingerprint density at radius 2 is 2.20 bits per heavy atom. The van der Waals surface area contributed by atoms with Gasteiger partial charge < -0.3 is 10.5 Å². The minimum atomic E-state index is -0.422. The summed E-state index contributed by atoms with van der Waals surface area (Å²) in [6, 6.07) is 5.66. The predicted octanol–water partition coefficient (Wildman–Crippen LogP) is 2.76. The van der Waals surface area contributed by atoms with Crippen molar-refractivity contribution >= 4 is 11.8 Å². The summed E-state index contributed by atoms with van der Waals surface area (Å²) in [7, 11) is 0. The fourth-order valence-corrected chi connectivity index (χ4v) is 1.63. The first-order valence-electron chi connectivity index (χ1n) is 6.82. The molecule has 0 atom stereocenters. The highest BCUT2D eigenvalue weighted by molar-refractivity contribution is 5.85. The van der Waals surface area contributed by atoms with Crippen molar-refractivity contribution in [1.82, 2.24) is 0 Å². The number of nitrogens with one attached hydrogen (secondary N) is 1. The van der Waals surface area contributed by atoms with Crippen LogP contribution in [-0.2, 0) is 11.2 Å². The molecule has 3 N–H and O–H groups in total. The number of benzene rings is 1. The SMILES string of the molecule is CCc1cc(C#CCN)ccc1NC(=O)OCC(C)C. The lowest BCUT2D eigenvalue weighted by molar-refractivity contribution is 0.147. The number of ether oxygens (including phenoxy) is 1. The Kier molecular flexibility index (Phi) is 6.61. The Morgan fingerprint density at radius 1 is 1.45 bits per heavy atom. The summed E-state index contributed by atoms with van der Waals surface area (Å²) in [6.07, 6.45) is 0.381. The van der Waals surface area contributed by atoms with Gasteiger partial charge in [0.15, 0.2) is 0 Å². The summed E-state index contributed by atoms with van der Waals surface area (Å²) < 4.78 is 5.11. The summed E-state index contributed by atoms with van der Waals surface area (Å²) >= 11 is 0. The molecular formula is C16H22N2O2. The van der Waals surface area contributed by atoms with Crippen LogP contribution in [0.1, 0.15) is 31.9 Å². The fraction of sp³-hybridized carbons (Fsp3) is 0.438. The second-order valence-corrected chi connectivity index (χ2v) is 4.85. The molecule has 0 bridgehead atoms. The Labute approximate surface area is 120 Å². The molecule has 4 heteroatoms. The molecule has 0 spiro atoms. The summed E-state index contributed by atoms with van der Waals surface area (Å²) in [4.78, 5) is 11.7. The lowest BCUT2D eigenvalue weighted by Crippen LogP contribution is -2.17. The maximum Gasteiger partial charge on any atom is 0.411 e. The number of anilines is 1. The van der Waals surface area contributed by atoms with Crippen LogP contribution in [-0.4, -0.2) is 19.2 Å². The van der Waals surface area contributed by atoms with E-state index in [4.69, 9.17) is 10.5 Å². The molecule has 0 aliphatic carbocycles. The Morgan fingerprint density at radius 3 is 2.80 bits per heavy atom. The number of carbonyl (C=O) groups is 1. The van der Waals surface area contributed by atoms with Crippen molar-refractivity contribution in [3.8, 4) is 11.8 Å². The van der Waals surface area contributed by atoms with Gasteiger partial charge in [0.05, 0.1) is 13.2 Å². The first-order valence-corrected chi connectivity index (χ1v) is 6.82. The molecule has 1 amide bonds. The maximum atomic E-state index is 11.7. The zero-order valence-electron chi connectivity index (χ0n) is 12.3. The van der Waals surface area contributed by atoms with Crippen LogP contribution in [0.15, 0.2) is 18.2 Å². The number of rotatable bonds is 4. The van der Waals surface area contributed by atoms with E-state index in [2.05, 4.69) is 17.2 Å². The van der Waals surface area contributed by atoms with Gasteiger partial charge in [-0.25, -0.2) is 4.79 Å². The van der Waals surface area contributed by atoms with Crippen molar-refractivity contribution < 1.29 is 9.53 Å². The molecule has 0 heterocycles. The van der Waals surface area contributed by atoms with Gasteiger partial charge in [-0.05, 0) is 36.1 Å². The topological polar surface area (TPSA) is 64.3 Å². The van der Waals surface area contributed by atoms with Gasteiger partial charge in [0.2, 0.25) is 0 Å². The molecule has 1 aromatic carbocycles. The summed E-state index contributed by atoms with van der Waals surface area (Å²) in [5.74, 6) is 6.12. The molecule has 0 aliphatic rings. The quantitative estimate of drug-likeness (QED) is 0.830. The number of nitrogens with two attached hydrogens (primary N) is 1. The van der Waals surface area contributed by atoms with Crippen LogP contribution in [0.4, 0.5) is 10.5 Å². The van der Waals surface area contributed by atoms with E-state index >= 15 is 0 Å². The first-order chi connectivity index (χ1) is 9.56. The summed E-state index contributed by atoms with van der Waals surface area (Å²) in [6.45, 7) is 6.77. The molecule has 0 aromatic heterocycles. The zero-order valence-corrected chi connectivity index (χ0v) is 12.3. The van der Waals surface area contributed by atoms with Crippen LogP contribution < -0.4 is 11.1 Å². The summed E-state index contributed by atoms with van der Waals surface area (Å²) in [5.41, 5.74) is 8.04. The minimum absolute atomic E-state index is 0.320. The van der Waals surface area contributed by atoms with E-state index in [0.29, 0.717) is 19.1 Å². The Balaban J connectivity index is 2.77. The molecule has 1 aromatic rings. The number of amides is 1. The van der Waals surface area contributed by atoms with Gasteiger partial charge in [0, 0.05) is 11.3 Å². The molecule has 108 valence electrons. The van der Waals surface area contributed by atoms with Crippen LogP contribution >= 0.6 is 0 Å². The minimum Gasteiger partial charge on any atom is -0.449 e. The molecular weight excluding hydrogens is 252 g/mol. The molecule has 0 aliphatic heterocycles. The average Bonchev–Trinajstić information content (AvgIpc) is 2.44. The van der Waals surface area contributed by atoms with E-state index in [1.54, 1.807) is 0 Å². The molecule has 1 rings (SSSR count). The van der Waals surface area contributed by atoms with Crippen LogP contribution in [0.2, 0.25) is 0 Å². The van der Waals surface area contributed by atoms with Gasteiger partial charge in [0.1, 0.15) is 0 Å². The van der Waals surface area contributed by atoms with Gasteiger partial charge in [-0.15, -0.1) is 0 Å². The van der Waals surface area contributed by atoms with Crippen LogP contribution in [0.3, 0.4) is 0 Å². The first kappa shape index (κ1) is 16.1. The van der Waals surface area contributed by atoms with Crippen molar-refractivity contribution in [2.45, 2.75) is 27.2 Å². The second-order valence-electron chi connectivity index (χ2n) is 4.85. The van der Waals surface area contributed by atoms with Crippen LogP contribution in [0, 0.1) is 17.8 Å². The Hall–Kier alpha value is -1.99. The molecule has 4 nitrogen and oxygen atoms in total. The molecule has 0 radical (unpaired) electrons. The van der Waals surface area contributed by atoms with Crippen molar-refractivity contribution in [2.75, 3.05) is 18.5 Å². The largest absolute Gasteiger partial charge is 0.449 e. The van der Waals surface area contributed by atoms with E-state index in [0.717, 1.165) is 23.2 Å². The zero-order chi connectivity index (χ0) is 15.0. The van der Waals surface area contributed by atoms with Crippen LogP contribution in [0.5, 0.6) is 0 Å². The van der Waals surface area contributed by atoms with Crippen molar-refractivity contribution in [3.05, 3.63) is 29.3 Å². The fourth-order valence-electron chi connectivity index (χ4n) is 1.63. The van der Waals surface area contributed by atoms with Crippen molar-refractivity contribution in [1.29, 1.82) is 0 Å². The average molecular weight is 274 g/mol. The van der Waals surface area contributed by atoms with E-state index < -0.39 is 6.09 Å². The normalized spacial score (nSPS) is 9.85. The lowest BCUT2D eigenvalue weighted by atomic mass is 10.1. The number of hydrogen-bond donors (Lipinski definition) is 2. The number of carbonyl (C=O) groups excluding carboxylic acids is 1. The van der Waals surface area contributed by atoms with E-state index in [1.807, 2.05) is 39.0 Å². The third-order valence-corrected chi connectivity index (χ3v) is 2.61. The highest BCUT2D eigenvalue weighted by Crippen LogP contribution is 2.18. The van der Waals surface area contributed by atoms with Gasteiger partial charge in [0.25, 0.3) is 0 Å². The van der Waals surface area contributed by atoms with Crippen molar-refractivity contribution in [2.24, 2.45) is 11.7 Å². The van der Waals surface area contributed by atoms with Gasteiger partial charge in [-0.1, -0.05) is 32.6 Å². The molecule has 0 unspecified atom stereocenters. The van der Waals surface area contributed by atoms with E-state index in [-0.39, 0.29) is 0 Å². The molecule has 0 fully saturated rings. The monoisotopic (exact) mass is 274 g/mol. The molecule has 0 saturated heterocycles. The maximum absolute atomic E-state index is 11.7.